The molecule has 1 nitrogen and oxygen atoms in total. The van der Waals surface area contributed by atoms with Crippen LogP contribution in [-0.4, -0.2) is 6.54 Å². The summed E-state index contributed by atoms with van der Waals surface area (Å²) in [6.45, 7) is 6.62. The zero-order valence-electron chi connectivity index (χ0n) is 6.88. The average molecular weight is 148 g/mol. The fraction of sp³-hybridized carbons (Fsp3) is 0.300. The van der Waals surface area contributed by atoms with Gasteiger partial charge in [0.25, 0.3) is 0 Å². The Labute approximate surface area is 68.2 Å². The van der Waals surface area contributed by atoms with E-state index in [1.165, 1.54) is 11.1 Å². The Hall–Kier alpha value is -0.820. The molecular weight excluding hydrogens is 134 g/mol. The second-order valence-corrected chi connectivity index (χ2v) is 2.84. The fourth-order valence-electron chi connectivity index (χ4n) is 0.975. The standard InChI is InChI=1S/C10H14N/c1-8-3-5-10(6-4-8)9(2)7-11/h3-6,9H,2,7,11H2,1H3. The molecule has 0 fully saturated rings. The van der Waals surface area contributed by atoms with Crippen LogP contribution >= 0.6 is 0 Å². The van der Waals surface area contributed by atoms with Crippen molar-refractivity contribution in [3.63, 3.8) is 0 Å². The molecule has 1 radical (unpaired) electrons. The fourth-order valence-corrected chi connectivity index (χ4v) is 0.975. The van der Waals surface area contributed by atoms with Crippen molar-refractivity contribution < 1.29 is 0 Å². The summed E-state index contributed by atoms with van der Waals surface area (Å²) in [4.78, 5) is 0. The molecule has 1 atom stereocenters. The van der Waals surface area contributed by atoms with Gasteiger partial charge in [0.1, 0.15) is 0 Å². The van der Waals surface area contributed by atoms with Crippen LogP contribution in [0.4, 0.5) is 0 Å². The summed E-state index contributed by atoms with van der Waals surface area (Å²) in [5, 5.41) is 0. The first-order valence-electron chi connectivity index (χ1n) is 3.83. The average Bonchev–Trinajstić information content (AvgIpc) is 2.05. The molecule has 0 saturated heterocycles. The Bertz CT molecular complexity index is 213. The lowest BCUT2D eigenvalue weighted by molar-refractivity contribution is 0.845. The first kappa shape index (κ1) is 8.28. The molecule has 1 unspecified atom stereocenters. The van der Waals surface area contributed by atoms with Gasteiger partial charge in [-0.2, -0.15) is 0 Å². The van der Waals surface area contributed by atoms with E-state index < -0.39 is 0 Å². The number of aryl methyl sites for hydroxylation is 1. The van der Waals surface area contributed by atoms with E-state index in [2.05, 4.69) is 38.1 Å². The first-order chi connectivity index (χ1) is 5.24. The predicted octanol–water partition coefficient (Wildman–Crippen LogP) is 1.87. The number of nitrogens with two attached hydrogens (primary N) is 1. The van der Waals surface area contributed by atoms with Gasteiger partial charge >= 0.3 is 0 Å². The van der Waals surface area contributed by atoms with Crippen molar-refractivity contribution >= 4 is 0 Å². The first-order valence-corrected chi connectivity index (χ1v) is 3.83. The van der Waals surface area contributed by atoms with Crippen LogP contribution in [0.25, 0.3) is 0 Å². The number of rotatable bonds is 2. The van der Waals surface area contributed by atoms with Crippen LogP contribution in [0.5, 0.6) is 0 Å². The monoisotopic (exact) mass is 148 g/mol. The Morgan fingerprint density at radius 2 is 1.91 bits per heavy atom. The van der Waals surface area contributed by atoms with Gasteiger partial charge in [-0.3, -0.25) is 0 Å². The molecule has 59 valence electrons. The molecule has 0 aliphatic carbocycles. The van der Waals surface area contributed by atoms with Gasteiger partial charge in [-0.25, -0.2) is 0 Å². The van der Waals surface area contributed by atoms with Crippen LogP contribution < -0.4 is 5.73 Å². The second kappa shape index (κ2) is 3.54. The zero-order chi connectivity index (χ0) is 8.27. The molecule has 0 amide bonds. The van der Waals surface area contributed by atoms with Crippen LogP contribution in [0.3, 0.4) is 0 Å². The van der Waals surface area contributed by atoms with E-state index >= 15 is 0 Å². The molecule has 1 heteroatoms. The van der Waals surface area contributed by atoms with E-state index in [4.69, 9.17) is 5.73 Å². The van der Waals surface area contributed by atoms with Gasteiger partial charge in [-0.15, -0.1) is 0 Å². The van der Waals surface area contributed by atoms with Gasteiger partial charge in [-0.1, -0.05) is 29.8 Å². The summed E-state index contributed by atoms with van der Waals surface area (Å²) in [7, 11) is 0. The lowest BCUT2D eigenvalue weighted by atomic mass is 10.0. The molecule has 2 N–H and O–H groups in total. The second-order valence-electron chi connectivity index (χ2n) is 2.84. The minimum Gasteiger partial charge on any atom is -0.330 e. The highest BCUT2D eigenvalue weighted by Gasteiger charge is 2.00. The maximum atomic E-state index is 5.48. The normalized spacial score (nSPS) is 13.0. The highest BCUT2D eigenvalue weighted by molar-refractivity contribution is 5.25. The Balaban J connectivity index is 2.81. The Morgan fingerprint density at radius 1 is 1.36 bits per heavy atom. The number of hydrogen-bond acceptors (Lipinski definition) is 1. The van der Waals surface area contributed by atoms with E-state index in [0.29, 0.717) is 6.54 Å². The van der Waals surface area contributed by atoms with Crippen LogP contribution in [0.2, 0.25) is 0 Å². The quantitative estimate of drug-likeness (QED) is 0.680. The van der Waals surface area contributed by atoms with Gasteiger partial charge in [0.2, 0.25) is 0 Å². The van der Waals surface area contributed by atoms with Crippen LogP contribution in [-0.2, 0) is 0 Å². The van der Waals surface area contributed by atoms with Gasteiger partial charge < -0.3 is 5.73 Å². The minimum absolute atomic E-state index is 0.232. The van der Waals surface area contributed by atoms with Gasteiger partial charge in [-0.05, 0) is 31.9 Å². The highest BCUT2D eigenvalue weighted by Crippen LogP contribution is 2.13. The van der Waals surface area contributed by atoms with Crippen molar-refractivity contribution in [2.24, 2.45) is 5.73 Å². The molecular formula is C10H14N. The lowest BCUT2D eigenvalue weighted by Crippen LogP contribution is -2.08. The summed E-state index contributed by atoms with van der Waals surface area (Å²) in [5.74, 6) is 0.232. The third kappa shape index (κ3) is 2.05. The van der Waals surface area contributed by atoms with Crippen molar-refractivity contribution in [3.05, 3.63) is 42.3 Å². The topological polar surface area (TPSA) is 26.0 Å². The molecule has 0 heterocycles. The van der Waals surface area contributed by atoms with Crippen molar-refractivity contribution in [1.29, 1.82) is 0 Å². The molecule has 0 aliphatic rings. The third-order valence-electron chi connectivity index (χ3n) is 1.83. The van der Waals surface area contributed by atoms with E-state index in [1.807, 2.05) is 0 Å². The minimum atomic E-state index is 0.232. The molecule has 0 bridgehead atoms. The molecule has 1 aromatic rings. The van der Waals surface area contributed by atoms with Crippen molar-refractivity contribution in [1.82, 2.24) is 0 Å². The van der Waals surface area contributed by atoms with Crippen LogP contribution in [0, 0.1) is 13.8 Å². The summed E-state index contributed by atoms with van der Waals surface area (Å²) in [6, 6.07) is 8.34. The van der Waals surface area contributed by atoms with Crippen molar-refractivity contribution in [3.8, 4) is 0 Å². The van der Waals surface area contributed by atoms with E-state index in [-0.39, 0.29) is 5.92 Å². The third-order valence-corrected chi connectivity index (χ3v) is 1.83. The van der Waals surface area contributed by atoms with Crippen molar-refractivity contribution in [2.45, 2.75) is 12.8 Å². The predicted molar refractivity (Wildman–Crippen MR) is 48.3 cm³/mol. The van der Waals surface area contributed by atoms with Gasteiger partial charge in [0.15, 0.2) is 0 Å². The van der Waals surface area contributed by atoms with Crippen LogP contribution in [0.1, 0.15) is 17.0 Å². The molecule has 0 saturated carbocycles. The summed E-state index contributed by atoms with van der Waals surface area (Å²) < 4.78 is 0. The molecule has 0 aromatic heterocycles. The SMILES string of the molecule is [CH2]C(CN)c1ccc(C)cc1. The molecule has 11 heavy (non-hydrogen) atoms. The summed E-state index contributed by atoms with van der Waals surface area (Å²) >= 11 is 0. The Morgan fingerprint density at radius 3 is 2.36 bits per heavy atom. The molecule has 1 rings (SSSR count). The smallest absolute Gasteiger partial charge is 0.000823 e. The maximum Gasteiger partial charge on any atom is -0.000823 e. The van der Waals surface area contributed by atoms with E-state index in [9.17, 15) is 0 Å². The summed E-state index contributed by atoms with van der Waals surface area (Å²) in [6.07, 6.45) is 0. The summed E-state index contributed by atoms with van der Waals surface area (Å²) in [5.41, 5.74) is 7.98. The van der Waals surface area contributed by atoms with Gasteiger partial charge in [0, 0.05) is 0 Å². The van der Waals surface area contributed by atoms with Crippen molar-refractivity contribution in [2.75, 3.05) is 6.54 Å². The highest BCUT2D eigenvalue weighted by atomic mass is 14.5. The van der Waals surface area contributed by atoms with Crippen LogP contribution in [0.15, 0.2) is 24.3 Å². The maximum absolute atomic E-state index is 5.48. The number of benzene rings is 1. The molecule has 1 aromatic carbocycles. The Kier molecular flexibility index (Phi) is 2.66. The van der Waals surface area contributed by atoms with Gasteiger partial charge in [0.05, 0.1) is 0 Å². The lowest BCUT2D eigenvalue weighted by Gasteiger charge is -2.07. The largest absolute Gasteiger partial charge is 0.330 e. The molecule has 0 aliphatic heterocycles. The van der Waals surface area contributed by atoms with E-state index in [0.717, 1.165) is 0 Å². The van der Waals surface area contributed by atoms with E-state index in [1.54, 1.807) is 0 Å². The zero-order valence-corrected chi connectivity index (χ0v) is 6.88. The number of hydrogen-bond donors (Lipinski definition) is 1. The molecule has 0 spiro atoms.